The zero-order chi connectivity index (χ0) is 21.4. The van der Waals surface area contributed by atoms with Gasteiger partial charge in [0.25, 0.3) is 10.0 Å². The number of halogens is 1. The van der Waals surface area contributed by atoms with Crippen LogP contribution < -0.4 is 4.83 Å². The monoisotopic (exact) mass is 483 g/mol. The van der Waals surface area contributed by atoms with E-state index in [1.807, 2.05) is 32.0 Å². The molecule has 1 heterocycles. The molecule has 1 saturated carbocycles. The molecule has 1 fully saturated rings. The molecule has 0 saturated heterocycles. The third-order valence-corrected chi connectivity index (χ3v) is 7.04. The van der Waals surface area contributed by atoms with E-state index in [2.05, 4.69) is 55.1 Å². The molecule has 0 amide bonds. The van der Waals surface area contributed by atoms with Gasteiger partial charge in [-0.15, -0.1) is 0 Å². The highest BCUT2D eigenvalue weighted by molar-refractivity contribution is 9.10. The Morgan fingerprint density at radius 3 is 2.13 bits per heavy atom. The second-order valence-corrected chi connectivity index (χ2v) is 10.1. The summed E-state index contributed by atoms with van der Waals surface area (Å²) in [7, 11) is -3.79. The van der Waals surface area contributed by atoms with Crippen molar-refractivity contribution in [1.29, 1.82) is 0 Å². The molecule has 2 aromatic carbocycles. The molecule has 3 aromatic rings. The molecule has 0 radical (unpaired) electrons. The number of rotatable bonds is 6. The maximum Gasteiger partial charge on any atom is 0.276 e. The Labute approximate surface area is 185 Å². The van der Waals surface area contributed by atoms with Gasteiger partial charge in [0.05, 0.1) is 16.3 Å². The number of hydrazone groups is 1. The van der Waals surface area contributed by atoms with Gasteiger partial charge >= 0.3 is 0 Å². The Bertz CT molecular complexity index is 1200. The zero-order valence-corrected chi connectivity index (χ0v) is 19.2. The van der Waals surface area contributed by atoms with Gasteiger partial charge in [-0.25, -0.2) is 4.98 Å². The Morgan fingerprint density at radius 2 is 1.57 bits per heavy atom. The SMILES string of the molecule is Cc1ccc(C2(/C(=N\NS(=O)(=O)c3ccc(C)cc3)c3cccc(Br)n3)CC2)cc1. The molecule has 1 aliphatic rings. The van der Waals surface area contributed by atoms with Crippen LogP contribution in [0.2, 0.25) is 0 Å². The summed E-state index contributed by atoms with van der Waals surface area (Å²) in [5, 5.41) is 4.43. The number of nitrogens with one attached hydrogen (secondary N) is 1. The maximum absolute atomic E-state index is 12.8. The lowest BCUT2D eigenvalue weighted by Gasteiger charge is -2.19. The van der Waals surface area contributed by atoms with Crippen LogP contribution in [0.1, 0.15) is 35.2 Å². The fraction of sp³-hybridized carbons (Fsp3) is 0.217. The van der Waals surface area contributed by atoms with E-state index in [1.54, 1.807) is 24.3 Å². The van der Waals surface area contributed by atoms with Crippen molar-refractivity contribution in [1.82, 2.24) is 9.82 Å². The van der Waals surface area contributed by atoms with Crippen molar-refractivity contribution >= 4 is 31.7 Å². The summed E-state index contributed by atoms with van der Waals surface area (Å²) in [4.78, 5) is 7.18. The fourth-order valence-corrected chi connectivity index (χ4v) is 4.64. The molecule has 1 aliphatic carbocycles. The first-order chi connectivity index (χ1) is 14.3. The van der Waals surface area contributed by atoms with Crippen molar-refractivity contribution < 1.29 is 8.42 Å². The normalized spacial score (nSPS) is 15.6. The second kappa shape index (κ2) is 7.96. The van der Waals surface area contributed by atoms with Crippen molar-refractivity contribution in [3.8, 4) is 0 Å². The number of nitrogens with zero attached hydrogens (tertiary/aromatic N) is 2. The number of aromatic nitrogens is 1. The summed E-state index contributed by atoms with van der Waals surface area (Å²) in [5.74, 6) is 0. The molecule has 4 rings (SSSR count). The molecule has 1 N–H and O–H groups in total. The summed E-state index contributed by atoms with van der Waals surface area (Å²) >= 11 is 3.41. The first kappa shape index (κ1) is 20.8. The summed E-state index contributed by atoms with van der Waals surface area (Å²) in [6.45, 7) is 3.96. The van der Waals surface area contributed by atoms with Crippen molar-refractivity contribution in [2.24, 2.45) is 5.10 Å². The van der Waals surface area contributed by atoms with Gasteiger partial charge in [0.2, 0.25) is 0 Å². The van der Waals surface area contributed by atoms with E-state index in [9.17, 15) is 8.42 Å². The average molecular weight is 484 g/mol. The van der Waals surface area contributed by atoms with Crippen LogP contribution in [0.15, 0.2) is 81.3 Å². The first-order valence-corrected chi connectivity index (χ1v) is 11.9. The first-order valence-electron chi connectivity index (χ1n) is 9.67. The van der Waals surface area contributed by atoms with Gasteiger partial charge in [0, 0.05) is 5.41 Å². The van der Waals surface area contributed by atoms with Crippen molar-refractivity contribution in [3.05, 3.63) is 93.7 Å². The summed E-state index contributed by atoms with van der Waals surface area (Å²) < 4.78 is 26.3. The molecule has 1 aromatic heterocycles. The average Bonchev–Trinajstić information content (AvgIpc) is 3.51. The third kappa shape index (κ3) is 4.18. The van der Waals surface area contributed by atoms with Crippen LogP contribution in [-0.2, 0) is 15.4 Å². The van der Waals surface area contributed by atoms with Gasteiger partial charge in [-0.3, -0.25) is 0 Å². The van der Waals surface area contributed by atoms with Crippen molar-refractivity contribution in [3.63, 3.8) is 0 Å². The van der Waals surface area contributed by atoms with E-state index in [4.69, 9.17) is 0 Å². The van der Waals surface area contributed by atoms with Crippen LogP contribution in [0, 0.1) is 13.8 Å². The third-order valence-electron chi connectivity index (χ3n) is 5.37. The summed E-state index contributed by atoms with van der Waals surface area (Å²) in [5.41, 5.74) is 4.21. The minimum Gasteiger partial charge on any atom is -0.240 e. The molecular formula is C23H22BrN3O2S. The Hall–Kier alpha value is -2.51. The molecular weight excluding hydrogens is 462 g/mol. The lowest BCUT2D eigenvalue weighted by molar-refractivity contribution is 0.584. The minimum atomic E-state index is -3.79. The van der Waals surface area contributed by atoms with Gasteiger partial charge < -0.3 is 0 Å². The molecule has 0 spiro atoms. The number of sulfonamides is 1. The highest BCUT2D eigenvalue weighted by Gasteiger charge is 2.50. The van der Waals surface area contributed by atoms with Crippen LogP contribution in [0.3, 0.4) is 0 Å². The number of aryl methyl sites for hydroxylation is 2. The fourth-order valence-electron chi connectivity index (χ4n) is 3.49. The molecule has 0 bridgehead atoms. The van der Waals surface area contributed by atoms with Crippen LogP contribution in [-0.4, -0.2) is 19.1 Å². The van der Waals surface area contributed by atoms with Gasteiger partial charge in [-0.1, -0.05) is 53.6 Å². The topological polar surface area (TPSA) is 71.4 Å². The van der Waals surface area contributed by atoms with Gasteiger partial charge in [0.15, 0.2) is 0 Å². The summed E-state index contributed by atoms with van der Waals surface area (Å²) in [6.07, 6.45) is 1.77. The van der Waals surface area contributed by atoms with Gasteiger partial charge in [-0.05, 0) is 72.4 Å². The highest BCUT2D eigenvalue weighted by atomic mass is 79.9. The number of hydrogen-bond acceptors (Lipinski definition) is 4. The van der Waals surface area contributed by atoms with E-state index >= 15 is 0 Å². The maximum atomic E-state index is 12.8. The van der Waals surface area contributed by atoms with E-state index < -0.39 is 10.0 Å². The van der Waals surface area contributed by atoms with Crippen molar-refractivity contribution in [2.45, 2.75) is 37.0 Å². The Balaban J connectivity index is 1.76. The van der Waals surface area contributed by atoms with Gasteiger partial charge in [0.1, 0.15) is 4.60 Å². The Morgan fingerprint density at radius 1 is 0.967 bits per heavy atom. The standard InChI is InChI=1S/C23H22BrN3O2S/c1-16-6-10-18(11-7-16)23(14-15-23)22(20-4-3-5-21(24)25-20)26-27-30(28,29)19-12-8-17(2)9-13-19/h3-13,27H,14-15H2,1-2H3/b26-22-. The zero-order valence-electron chi connectivity index (χ0n) is 16.8. The van der Waals surface area contributed by atoms with Crippen LogP contribution in [0.4, 0.5) is 0 Å². The molecule has 7 heteroatoms. The largest absolute Gasteiger partial charge is 0.276 e. The minimum absolute atomic E-state index is 0.179. The lowest BCUT2D eigenvalue weighted by Crippen LogP contribution is -2.28. The molecule has 0 unspecified atom stereocenters. The quantitative estimate of drug-likeness (QED) is 0.308. The smallest absolute Gasteiger partial charge is 0.240 e. The van der Waals surface area contributed by atoms with E-state index in [0.29, 0.717) is 16.0 Å². The van der Waals surface area contributed by atoms with Gasteiger partial charge in [-0.2, -0.15) is 18.4 Å². The number of hydrogen-bond donors (Lipinski definition) is 1. The van der Waals surface area contributed by atoms with E-state index in [-0.39, 0.29) is 10.3 Å². The second-order valence-electron chi connectivity index (χ2n) is 7.66. The van der Waals surface area contributed by atoms with Crippen LogP contribution in [0.25, 0.3) is 0 Å². The number of benzene rings is 2. The predicted octanol–water partition coefficient (Wildman–Crippen LogP) is 4.88. The summed E-state index contributed by atoms with van der Waals surface area (Å²) in [6, 6.07) is 20.6. The van der Waals surface area contributed by atoms with Crippen LogP contribution in [0.5, 0.6) is 0 Å². The number of pyridine rings is 1. The predicted molar refractivity (Wildman–Crippen MR) is 122 cm³/mol. The molecule has 30 heavy (non-hydrogen) atoms. The van der Waals surface area contributed by atoms with E-state index in [0.717, 1.165) is 24.0 Å². The lowest BCUT2D eigenvalue weighted by atomic mass is 9.88. The highest BCUT2D eigenvalue weighted by Crippen LogP contribution is 2.50. The molecule has 154 valence electrons. The molecule has 0 atom stereocenters. The van der Waals surface area contributed by atoms with Crippen molar-refractivity contribution in [2.75, 3.05) is 0 Å². The molecule has 0 aliphatic heterocycles. The Kier molecular flexibility index (Phi) is 5.51. The molecule has 5 nitrogen and oxygen atoms in total. The van der Waals surface area contributed by atoms with E-state index in [1.165, 1.54) is 5.56 Å². The van der Waals surface area contributed by atoms with Crippen LogP contribution >= 0.6 is 15.9 Å².